The SMILES string of the molecule is O=C(CCCc1ccc(O)cc1)NNC(=O)NCc1ccccc1. The lowest BCUT2D eigenvalue weighted by Crippen LogP contribution is -2.46. The second kappa shape index (κ2) is 9.19. The minimum atomic E-state index is -0.453. The number of hydrogen-bond acceptors (Lipinski definition) is 3. The van der Waals surface area contributed by atoms with Crippen molar-refractivity contribution in [3.8, 4) is 5.75 Å². The molecule has 6 nitrogen and oxygen atoms in total. The van der Waals surface area contributed by atoms with Gasteiger partial charge >= 0.3 is 6.03 Å². The molecule has 4 N–H and O–H groups in total. The summed E-state index contributed by atoms with van der Waals surface area (Å²) in [6.45, 7) is 0.392. The van der Waals surface area contributed by atoms with Gasteiger partial charge in [0.15, 0.2) is 0 Å². The third-order valence-corrected chi connectivity index (χ3v) is 3.42. The third-order valence-electron chi connectivity index (χ3n) is 3.42. The van der Waals surface area contributed by atoms with Crippen LogP contribution in [0.15, 0.2) is 54.6 Å². The molecule has 2 aromatic rings. The van der Waals surface area contributed by atoms with Crippen LogP contribution in [0.1, 0.15) is 24.0 Å². The molecule has 6 heteroatoms. The van der Waals surface area contributed by atoms with Crippen molar-refractivity contribution >= 4 is 11.9 Å². The molecule has 0 spiro atoms. The van der Waals surface area contributed by atoms with Gasteiger partial charge < -0.3 is 10.4 Å². The average Bonchev–Trinajstić information content (AvgIpc) is 2.61. The summed E-state index contributed by atoms with van der Waals surface area (Å²) in [6, 6.07) is 15.9. The van der Waals surface area contributed by atoms with Crippen molar-refractivity contribution in [3.63, 3.8) is 0 Å². The minimum Gasteiger partial charge on any atom is -0.508 e. The van der Waals surface area contributed by atoms with Crippen LogP contribution in [0.25, 0.3) is 0 Å². The van der Waals surface area contributed by atoms with Crippen LogP contribution in [0.4, 0.5) is 4.79 Å². The number of aromatic hydroxyl groups is 1. The van der Waals surface area contributed by atoms with Gasteiger partial charge in [0.2, 0.25) is 5.91 Å². The van der Waals surface area contributed by atoms with Gasteiger partial charge in [0, 0.05) is 13.0 Å². The Morgan fingerprint density at radius 1 is 0.875 bits per heavy atom. The van der Waals surface area contributed by atoms with Gasteiger partial charge in [-0.1, -0.05) is 42.5 Å². The first kappa shape index (κ1) is 17.3. The van der Waals surface area contributed by atoms with Gasteiger partial charge in [-0.15, -0.1) is 0 Å². The van der Waals surface area contributed by atoms with Gasteiger partial charge in [0.25, 0.3) is 0 Å². The van der Waals surface area contributed by atoms with E-state index in [1.807, 2.05) is 42.5 Å². The Morgan fingerprint density at radius 2 is 1.58 bits per heavy atom. The van der Waals surface area contributed by atoms with Gasteiger partial charge in [-0.2, -0.15) is 0 Å². The normalized spacial score (nSPS) is 10.0. The molecular weight excluding hydrogens is 306 g/mol. The molecule has 0 aliphatic heterocycles. The number of hydrogen-bond donors (Lipinski definition) is 4. The Kier molecular flexibility index (Phi) is 6.64. The van der Waals surface area contributed by atoms with E-state index in [2.05, 4.69) is 16.2 Å². The van der Waals surface area contributed by atoms with E-state index in [1.165, 1.54) is 0 Å². The summed E-state index contributed by atoms with van der Waals surface area (Å²) < 4.78 is 0. The molecule has 2 aromatic carbocycles. The zero-order valence-corrected chi connectivity index (χ0v) is 13.3. The monoisotopic (exact) mass is 327 g/mol. The summed E-state index contributed by atoms with van der Waals surface area (Å²) in [6.07, 6.45) is 1.69. The van der Waals surface area contributed by atoms with Crippen molar-refractivity contribution in [1.29, 1.82) is 0 Å². The second-order valence-corrected chi connectivity index (χ2v) is 5.36. The van der Waals surface area contributed by atoms with E-state index in [0.717, 1.165) is 17.5 Å². The van der Waals surface area contributed by atoms with Crippen molar-refractivity contribution in [3.05, 3.63) is 65.7 Å². The predicted octanol–water partition coefficient (Wildman–Crippen LogP) is 2.25. The number of amides is 3. The van der Waals surface area contributed by atoms with Gasteiger partial charge in [-0.05, 0) is 36.1 Å². The number of phenols is 1. The van der Waals surface area contributed by atoms with Crippen molar-refractivity contribution in [2.45, 2.75) is 25.8 Å². The number of rotatable bonds is 6. The summed E-state index contributed by atoms with van der Waals surface area (Å²) in [4.78, 5) is 23.3. The van der Waals surface area contributed by atoms with Crippen LogP contribution in [-0.2, 0) is 17.8 Å². The van der Waals surface area contributed by atoms with E-state index in [1.54, 1.807) is 12.1 Å². The Hall–Kier alpha value is -3.02. The zero-order valence-electron chi connectivity index (χ0n) is 13.3. The smallest absolute Gasteiger partial charge is 0.333 e. The molecule has 0 radical (unpaired) electrons. The number of benzene rings is 2. The number of carbonyl (C=O) groups is 2. The van der Waals surface area contributed by atoms with E-state index in [-0.39, 0.29) is 11.7 Å². The lowest BCUT2D eigenvalue weighted by Gasteiger charge is -2.09. The maximum absolute atomic E-state index is 11.7. The Balaban J connectivity index is 1.58. The van der Waals surface area contributed by atoms with Gasteiger partial charge in [0.05, 0.1) is 0 Å². The van der Waals surface area contributed by atoms with E-state index in [9.17, 15) is 14.7 Å². The quantitative estimate of drug-likeness (QED) is 0.613. The molecule has 2 rings (SSSR count). The molecule has 3 amide bonds. The molecule has 0 heterocycles. The number of hydrazine groups is 1. The van der Waals surface area contributed by atoms with E-state index in [0.29, 0.717) is 19.4 Å². The van der Waals surface area contributed by atoms with Crippen LogP contribution in [0, 0.1) is 0 Å². The molecule has 24 heavy (non-hydrogen) atoms. The van der Waals surface area contributed by atoms with E-state index in [4.69, 9.17) is 0 Å². The first-order chi connectivity index (χ1) is 11.6. The Labute approximate surface area is 140 Å². The number of carbonyl (C=O) groups excluding carboxylic acids is 2. The molecular formula is C18H21N3O3. The maximum Gasteiger partial charge on any atom is 0.333 e. The molecule has 0 fully saturated rings. The van der Waals surface area contributed by atoms with Crippen LogP contribution >= 0.6 is 0 Å². The topological polar surface area (TPSA) is 90.5 Å². The second-order valence-electron chi connectivity index (χ2n) is 5.36. The minimum absolute atomic E-state index is 0.224. The van der Waals surface area contributed by atoms with Crippen LogP contribution in [0.3, 0.4) is 0 Å². The summed E-state index contributed by atoms with van der Waals surface area (Å²) in [5.74, 6) is -0.0224. The molecule has 0 saturated carbocycles. The summed E-state index contributed by atoms with van der Waals surface area (Å²) >= 11 is 0. The first-order valence-corrected chi connectivity index (χ1v) is 7.78. The molecule has 0 unspecified atom stereocenters. The van der Waals surface area contributed by atoms with E-state index < -0.39 is 6.03 Å². The third kappa shape index (κ3) is 6.39. The predicted molar refractivity (Wildman–Crippen MR) is 91.0 cm³/mol. The zero-order chi connectivity index (χ0) is 17.2. The van der Waals surface area contributed by atoms with Crippen molar-refractivity contribution in [2.75, 3.05) is 0 Å². The summed E-state index contributed by atoms with van der Waals surface area (Å²) in [5, 5.41) is 11.9. The van der Waals surface area contributed by atoms with E-state index >= 15 is 0 Å². The fourth-order valence-corrected chi connectivity index (χ4v) is 2.13. The lowest BCUT2D eigenvalue weighted by atomic mass is 10.1. The standard InChI is InChI=1S/C18H21N3O3/c22-16-11-9-14(10-12-16)7-4-8-17(23)20-21-18(24)19-13-15-5-2-1-3-6-15/h1-3,5-6,9-12,22H,4,7-8,13H2,(H,20,23)(H2,19,21,24). The van der Waals surface area contributed by atoms with Crippen molar-refractivity contribution in [2.24, 2.45) is 0 Å². The highest BCUT2D eigenvalue weighted by atomic mass is 16.3. The number of urea groups is 1. The molecule has 0 aliphatic carbocycles. The van der Waals surface area contributed by atoms with Crippen molar-refractivity contribution in [1.82, 2.24) is 16.2 Å². The van der Waals surface area contributed by atoms with Crippen LogP contribution in [-0.4, -0.2) is 17.0 Å². The highest BCUT2D eigenvalue weighted by Crippen LogP contribution is 2.11. The van der Waals surface area contributed by atoms with Gasteiger partial charge in [-0.25, -0.2) is 10.2 Å². The fourth-order valence-electron chi connectivity index (χ4n) is 2.13. The number of phenolic OH excluding ortho intramolecular Hbond substituents is 1. The maximum atomic E-state index is 11.7. The molecule has 0 aromatic heterocycles. The van der Waals surface area contributed by atoms with Crippen LogP contribution in [0.5, 0.6) is 5.75 Å². The first-order valence-electron chi connectivity index (χ1n) is 7.78. The Bertz CT molecular complexity index is 657. The largest absolute Gasteiger partial charge is 0.508 e. The summed E-state index contributed by atoms with van der Waals surface area (Å²) in [7, 11) is 0. The highest BCUT2D eigenvalue weighted by molar-refractivity contribution is 5.80. The molecule has 0 atom stereocenters. The molecule has 0 bridgehead atoms. The van der Waals surface area contributed by atoms with Crippen LogP contribution < -0.4 is 16.2 Å². The molecule has 126 valence electrons. The number of aryl methyl sites for hydroxylation is 1. The molecule has 0 aliphatic rings. The van der Waals surface area contributed by atoms with Crippen molar-refractivity contribution < 1.29 is 14.7 Å². The molecule has 0 saturated heterocycles. The van der Waals surface area contributed by atoms with Gasteiger partial charge in [0.1, 0.15) is 5.75 Å². The van der Waals surface area contributed by atoms with Crippen LogP contribution in [0.2, 0.25) is 0 Å². The average molecular weight is 327 g/mol. The Morgan fingerprint density at radius 3 is 2.29 bits per heavy atom. The summed E-state index contributed by atoms with van der Waals surface area (Å²) in [5.41, 5.74) is 6.73. The lowest BCUT2D eigenvalue weighted by molar-refractivity contribution is -0.121. The number of nitrogens with one attached hydrogen (secondary N) is 3. The highest BCUT2D eigenvalue weighted by Gasteiger charge is 2.04. The fraction of sp³-hybridized carbons (Fsp3) is 0.222. The van der Waals surface area contributed by atoms with Gasteiger partial charge in [-0.3, -0.25) is 10.2 Å².